The van der Waals surface area contributed by atoms with Gasteiger partial charge in [-0.25, -0.2) is 0 Å². The second kappa shape index (κ2) is 5.96. The van der Waals surface area contributed by atoms with Crippen LogP contribution in [0.1, 0.15) is 37.1 Å². The summed E-state index contributed by atoms with van der Waals surface area (Å²) in [6.45, 7) is 3.05. The van der Waals surface area contributed by atoms with Crippen LogP contribution < -0.4 is 0 Å². The lowest BCUT2D eigenvalue weighted by Gasteiger charge is -2.07. The molecule has 0 unspecified atom stereocenters. The van der Waals surface area contributed by atoms with E-state index in [0.717, 1.165) is 28.8 Å². The molecule has 1 aliphatic rings. The molecule has 1 aromatic carbocycles. The van der Waals surface area contributed by atoms with Gasteiger partial charge in [0.1, 0.15) is 5.82 Å². The van der Waals surface area contributed by atoms with Gasteiger partial charge in [-0.2, -0.15) is 0 Å². The minimum Gasteiger partial charge on any atom is -0.306 e. The maximum Gasteiger partial charge on any atom is 0.191 e. The molecule has 1 aromatic heterocycles. The molecule has 1 heterocycles. The average Bonchev–Trinajstić information content (AvgIpc) is 3.18. The fraction of sp³-hybridized carbons (Fsp3) is 0.429. The Labute approximate surface area is 132 Å². The van der Waals surface area contributed by atoms with Crippen LogP contribution in [0.3, 0.4) is 0 Å². The van der Waals surface area contributed by atoms with Crippen molar-refractivity contribution < 1.29 is 0 Å². The van der Waals surface area contributed by atoms with Crippen LogP contribution in [-0.4, -0.2) is 14.8 Å². The maximum atomic E-state index is 6.19. The maximum absolute atomic E-state index is 6.19. The van der Waals surface area contributed by atoms with E-state index in [1.165, 1.54) is 12.8 Å². The third-order valence-electron chi connectivity index (χ3n) is 3.38. The molecule has 0 radical (unpaired) electrons. The number of nitrogens with zero attached hydrogens (tertiary/aromatic N) is 3. The van der Waals surface area contributed by atoms with Crippen LogP contribution in [0.15, 0.2) is 23.4 Å². The van der Waals surface area contributed by atoms with Crippen LogP contribution in [0.25, 0.3) is 0 Å². The van der Waals surface area contributed by atoms with Gasteiger partial charge >= 0.3 is 0 Å². The fourth-order valence-electron chi connectivity index (χ4n) is 2.13. The summed E-state index contributed by atoms with van der Waals surface area (Å²) in [6.07, 6.45) is 2.48. The Morgan fingerprint density at radius 3 is 2.75 bits per heavy atom. The van der Waals surface area contributed by atoms with Crippen molar-refractivity contribution in [2.24, 2.45) is 0 Å². The normalized spacial score (nSPS) is 14.8. The summed E-state index contributed by atoms with van der Waals surface area (Å²) in [4.78, 5) is 0. The molecule has 0 spiro atoms. The van der Waals surface area contributed by atoms with Gasteiger partial charge in [-0.05, 0) is 37.5 Å². The molecule has 0 saturated heterocycles. The van der Waals surface area contributed by atoms with Crippen molar-refractivity contribution in [3.05, 3.63) is 39.6 Å². The quantitative estimate of drug-likeness (QED) is 0.741. The van der Waals surface area contributed by atoms with Crippen LogP contribution in [0.2, 0.25) is 10.0 Å². The van der Waals surface area contributed by atoms with Gasteiger partial charge in [-0.1, -0.05) is 41.0 Å². The van der Waals surface area contributed by atoms with Crippen molar-refractivity contribution in [1.29, 1.82) is 0 Å². The first-order valence-corrected chi connectivity index (χ1v) is 8.43. The second-order valence-corrected chi connectivity index (χ2v) is 6.67. The summed E-state index contributed by atoms with van der Waals surface area (Å²) >= 11 is 13.8. The predicted molar refractivity (Wildman–Crippen MR) is 83.7 cm³/mol. The monoisotopic (exact) mass is 327 g/mol. The standard InChI is InChI=1S/C14H15Cl2N3S/c1-2-19-13(9-3-4-9)17-18-14(19)20-8-10-5-6-11(15)7-12(10)16/h5-7,9H,2-4,8H2,1H3. The van der Waals surface area contributed by atoms with Crippen LogP contribution in [0.4, 0.5) is 0 Å². The summed E-state index contributed by atoms with van der Waals surface area (Å²) in [6, 6.07) is 5.61. The molecule has 2 aromatic rings. The molecular formula is C14H15Cl2N3S. The lowest BCUT2D eigenvalue weighted by molar-refractivity contribution is 0.643. The summed E-state index contributed by atoms with van der Waals surface area (Å²) < 4.78 is 2.21. The summed E-state index contributed by atoms with van der Waals surface area (Å²) in [7, 11) is 0. The van der Waals surface area contributed by atoms with Gasteiger partial charge < -0.3 is 4.57 Å². The van der Waals surface area contributed by atoms with E-state index < -0.39 is 0 Å². The van der Waals surface area contributed by atoms with Crippen molar-refractivity contribution in [3.63, 3.8) is 0 Å². The van der Waals surface area contributed by atoms with Crippen molar-refractivity contribution in [2.45, 2.75) is 43.1 Å². The van der Waals surface area contributed by atoms with Crippen LogP contribution in [0.5, 0.6) is 0 Å². The van der Waals surface area contributed by atoms with Gasteiger partial charge in [0.15, 0.2) is 5.16 Å². The lowest BCUT2D eigenvalue weighted by atomic mass is 10.2. The van der Waals surface area contributed by atoms with Gasteiger partial charge in [0.25, 0.3) is 0 Å². The smallest absolute Gasteiger partial charge is 0.191 e. The molecule has 0 aliphatic heterocycles. The van der Waals surface area contributed by atoms with E-state index in [1.807, 2.05) is 12.1 Å². The van der Waals surface area contributed by atoms with E-state index in [-0.39, 0.29) is 0 Å². The number of hydrogen-bond acceptors (Lipinski definition) is 3. The molecule has 3 nitrogen and oxygen atoms in total. The van der Waals surface area contributed by atoms with Crippen molar-refractivity contribution >= 4 is 35.0 Å². The Balaban J connectivity index is 1.74. The number of hydrogen-bond donors (Lipinski definition) is 0. The predicted octanol–water partition coefficient (Wildman–Crippen LogP) is 4.77. The summed E-state index contributed by atoms with van der Waals surface area (Å²) in [5, 5.41) is 11.0. The van der Waals surface area contributed by atoms with E-state index in [0.29, 0.717) is 16.0 Å². The zero-order chi connectivity index (χ0) is 14.1. The Hall–Kier alpha value is -0.710. The molecule has 6 heteroatoms. The van der Waals surface area contributed by atoms with Gasteiger partial charge in [0.05, 0.1) is 0 Å². The first-order valence-electron chi connectivity index (χ1n) is 6.69. The number of thioether (sulfide) groups is 1. The molecule has 0 bridgehead atoms. The Morgan fingerprint density at radius 1 is 1.30 bits per heavy atom. The van der Waals surface area contributed by atoms with Crippen molar-refractivity contribution in [1.82, 2.24) is 14.8 Å². The summed E-state index contributed by atoms with van der Waals surface area (Å²) in [5.41, 5.74) is 1.07. The minimum absolute atomic E-state index is 0.621. The molecule has 0 N–H and O–H groups in total. The zero-order valence-corrected chi connectivity index (χ0v) is 13.5. The third-order valence-corrected chi connectivity index (χ3v) is 4.98. The SMILES string of the molecule is CCn1c(SCc2ccc(Cl)cc2Cl)nnc1C1CC1. The van der Waals surface area contributed by atoms with Crippen molar-refractivity contribution in [3.8, 4) is 0 Å². The molecule has 3 rings (SSSR count). The molecule has 0 amide bonds. The van der Waals surface area contributed by atoms with Gasteiger partial charge in [-0.3, -0.25) is 0 Å². The molecule has 106 valence electrons. The first-order chi connectivity index (χ1) is 9.69. The number of rotatable bonds is 5. The molecular weight excluding hydrogens is 313 g/mol. The average molecular weight is 328 g/mol. The molecule has 1 aliphatic carbocycles. The highest BCUT2D eigenvalue weighted by Crippen LogP contribution is 2.40. The molecule has 1 saturated carbocycles. The zero-order valence-electron chi connectivity index (χ0n) is 11.1. The third kappa shape index (κ3) is 2.97. The number of aromatic nitrogens is 3. The fourth-order valence-corrected chi connectivity index (χ4v) is 3.70. The van der Waals surface area contributed by atoms with E-state index in [1.54, 1.807) is 17.8 Å². The van der Waals surface area contributed by atoms with Gasteiger partial charge in [0.2, 0.25) is 0 Å². The van der Waals surface area contributed by atoms with Crippen LogP contribution in [-0.2, 0) is 12.3 Å². The Morgan fingerprint density at radius 2 is 2.10 bits per heavy atom. The highest BCUT2D eigenvalue weighted by atomic mass is 35.5. The van der Waals surface area contributed by atoms with E-state index >= 15 is 0 Å². The number of halogens is 2. The highest BCUT2D eigenvalue weighted by Gasteiger charge is 2.29. The molecule has 0 atom stereocenters. The van der Waals surface area contributed by atoms with Crippen molar-refractivity contribution in [2.75, 3.05) is 0 Å². The second-order valence-electron chi connectivity index (χ2n) is 4.88. The Bertz CT molecular complexity index is 623. The largest absolute Gasteiger partial charge is 0.306 e. The van der Waals surface area contributed by atoms with E-state index in [9.17, 15) is 0 Å². The minimum atomic E-state index is 0.621. The van der Waals surface area contributed by atoms with Gasteiger partial charge in [0, 0.05) is 28.3 Å². The van der Waals surface area contributed by atoms with Crippen LogP contribution >= 0.6 is 35.0 Å². The van der Waals surface area contributed by atoms with Gasteiger partial charge in [-0.15, -0.1) is 10.2 Å². The summed E-state index contributed by atoms with van der Waals surface area (Å²) in [5.74, 6) is 2.53. The van der Waals surface area contributed by atoms with E-state index in [2.05, 4.69) is 21.7 Å². The molecule has 1 fully saturated rings. The van der Waals surface area contributed by atoms with E-state index in [4.69, 9.17) is 23.2 Å². The topological polar surface area (TPSA) is 30.7 Å². The number of benzene rings is 1. The lowest BCUT2D eigenvalue weighted by Crippen LogP contribution is -2.02. The molecule has 20 heavy (non-hydrogen) atoms. The Kier molecular flexibility index (Phi) is 4.24. The highest BCUT2D eigenvalue weighted by molar-refractivity contribution is 7.98. The first kappa shape index (κ1) is 14.2. The van der Waals surface area contributed by atoms with Crippen LogP contribution in [0, 0.1) is 0 Å².